The van der Waals surface area contributed by atoms with E-state index < -0.39 is 0 Å². The molecular formula is C26H29N5O2. The fourth-order valence-electron chi connectivity index (χ4n) is 5.61. The van der Waals surface area contributed by atoms with Crippen LogP contribution in [0.25, 0.3) is 32.9 Å². The fourth-order valence-corrected chi connectivity index (χ4v) is 5.61. The minimum atomic E-state index is 0.0209. The van der Waals surface area contributed by atoms with E-state index in [1.54, 1.807) is 7.11 Å². The Hall–Kier alpha value is -3.16. The zero-order valence-electron chi connectivity index (χ0n) is 19.5. The van der Waals surface area contributed by atoms with Gasteiger partial charge in [-0.1, -0.05) is 19.9 Å². The number of benzene rings is 2. The normalized spacial score (nSPS) is 15.7. The third-order valence-corrected chi connectivity index (χ3v) is 7.00. The number of aromatic nitrogens is 3. The van der Waals surface area contributed by atoms with E-state index in [-0.39, 0.29) is 11.9 Å². The summed E-state index contributed by atoms with van der Waals surface area (Å²) >= 11 is 0. The van der Waals surface area contributed by atoms with Crippen LogP contribution in [0.1, 0.15) is 59.6 Å². The van der Waals surface area contributed by atoms with Gasteiger partial charge >= 0.3 is 0 Å². The zero-order valence-corrected chi connectivity index (χ0v) is 19.5. The van der Waals surface area contributed by atoms with Crippen LogP contribution in [0.3, 0.4) is 0 Å². The summed E-state index contributed by atoms with van der Waals surface area (Å²) in [6.45, 7) is 7.90. The van der Waals surface area contributed by atoms with Gasteiger partial charge in [-0.25, -0.2) is 0 Å². The quantitative estimate of drug-likeness (QED) is 0.399. The number of amides is 1. The third-order valence-electron chi connectivity index (χ3n) is 7.00. The molecule has 7 heteroatoms. The molecule has 1 unspecified atom stereocenters. The lowest BCUT2D eigenvalue weighted by molar-refractivity contribution is 0.0659. The summed E-state index contributed by atoms with van der Waals surface area (Å²) in [5, 5.41) is 10.3. The van der Waals surface area contributed by atoms with E-state index in [1.165, 1.54) is 10.9 Å². The number of H-pyrrole nitrogens is 1. The Balaban J connectivity index is 1.63. The van der Waals surface area contributed by atoms with Crippen molar-refractivity contribution in [2.75, 3.05) is 7.11 Å². The van der Waals surface area contributed by atoms with Crippen LogP contribution in [-0.2, 0) is 30.8 Å². The fraction of sp³-hybridized carbons (Fsp3) is 0.385. The van der Waals surface area contributed by atoms with Crippen LogP contribution in [-0.4, -0.2) is 27.8 Å². The second kappa shape index (κ2) is 7.43. The molecule has 1 aliphatic heterocycles. The van der Waals surface area contributed by atoms with Gasteiger partial charge in [-0.3, -0.25) is 9.48 Å². The lowest BCUT2D eigenvalue weighted by Gasteiger charge is -2.19. The number of aromatic amines is 1. The van der Waals surface area contributed by atoms with Gasteiger partial charge in [0.1, 0.15) is 0 Å². The first kappa shape index (κ1) is 20.4. The molecule has 7 nitrogen and oxygen atoms in total. The van der Waals surface area contributed by atoms with Crippen molar-refractivity contribution in [2.45, 2.75) is 52.7 Å². The van der Waals surface area contributed by atoms with E-state index in [2.05, 4.69) is 65.6 Å². The summed E-state index contributed by atoms with van der Waals surface area (Å²) in [6, 6.07) is 6.54. The minimum Gasteiger partial charge on any atom is -0.354 e. The number of aryl methyl sites for hydroxylation is 2. The van der Waals surface area contributed by atoms with Crippen LogP contribution in [0.5, 0.6) is 0 Å². The first-order chi connectivity index (χ1) is 16.0. The summed E-state index contributed by atoms with van der Waals surface area (Å²) in [4.78, 5) is 22.0. The molecule has 3 heterocycles. The largest absolute Gasteiger partial charge is 0.354 e. The number of nitrogens with one attached hydrogen (secondary N) is 3. The summed E-state index contributed by atoms with van der Waals surface area (Å²) in [7, 11) is 1.63. The summed E-state index contributed by atoms with van der Waals surface area (Å²) in [6.07, 6.45) is 3.90. The maximum atomic E-state index is 13.1. The van der Waals surface area contributed by atoms with Crippen molar-refractivity contribution < 1.29 is 9.63 Å². The molecule has 33 heavy (non-hydrogen) atoms. The Morgan fingerprint density at radius 3 is 2.82 bits per heavy atom. The number of hydroxylamine groups is 1. The van der Waals surface area contributed by atoms with Gasteiger partial charge in [0, 0.05) is 46.7 Å². The topological polar surface area (TPSA) is 84.0 Å². The van der Waals surface area contributed by atoms with Crippen LogP contribution in [0.4, 0.5) is 0 Å². The van der Waals surface area contributed by atoms with Crippen LogP contribution >= 0.6 is 0 Å². The van der Waals surface area contributed by atoms with Crippen LogP contribution in [0.15, 0.2) is 24.4 Å². The van der Waals surface area contributed by atoms with E-state index >= 15 is 0 Å². The molecule has 2 aliphatic rings. The highest BCUT2D eigenvalue weighted by atomic mass is 16.6. The Kier molecular flexibility index (Phi) is 4.61. The second-order valence-electron chi connectivity index (χ2n) is 9.72. The predicted octanol–water partition coefficient (Wildman–Crippen LogP) is 4.39. The Morgan fingerprint density at radius 1 is 1.18 bits per heavy atom. The van der Waals surface area contributed by atoms with E-state index in [0.29, 0.717) is 12.5 Å². The predicted molar refractivity (Wildman–Crippen MR) is 129 cm³/mol. The zero-order chi connectivity index (χ0) is 22.9. The molecule has 0 saturated heterocycles. The molecule has 0 fully saturated rings. The Bertz CT molecular complexity index is 1430. The lowest BCUT2D eigenvalue weighted by Crippen LogP contribution is -2.16. The maximum Gasteiger partial charge on any atom is 0.252 e. The molecule has 0 bridgehead atoms. The van der Waals surface area contributed by atoms with Gasteiger partial charge in [-0.05, 0) is 54.5 Å². The molecule has 3 N–H and O–H groups in total. The van der Waals surface area contributed by atoms with Crippen molar-refractivity contribution >= 4 is 27.7 Å². The van der Waals surface area contributed by atoms with Gasteiger partial charge in [0.15, 0.2) is 0 Å². The van der Waals surface area contributed by atoms with Gasteiger partial charge < -0.3 is 15.1 Å². The molecule has 170 valence electrons. The molecule has 2 aromatic heterocycles. The van der Waals surface area contributed by atoms with Gasteiger partial charge in [0.05, 0.1) is 29.9 Å². The summed E-state index contributed by atoms with van der Waals surface area (Å²) in [5.74, 6) is 0.535. The Morgan fingerprint density at radius 2 is 2.03 bits per heavy atom. The van der Waals surface area contributed by atoms with E-state index in [9.17, 15) is 4.79 Å². The molecule has 0 spiro atoms. The maximum absolute atomic E-state index is 13.1. The number of carbonyl (C=O) groups is 1. The van der Waals surface area contributed by atoms with Crippen LogP contribution < -0.4 is 10.8 Å². The second-order valence-corrected chi connectivity index (χ2v) is 9.72. The van der Waals surface area contributed by atoms with Crippen molar-refractivity contribution in [3.63, 3.8) is 0 Å². The van der Waals surface area contributed by atoms with Crippen molar-refractivity contribution in [3.8, 4) is 11.1 Å². The molecule has 6 rings (SSSR count). The van der Waals surface area contributed by atoms with E-state index in [0.717, 1.165) is 69.3 Å². The Labute approximate surface area is 192 Å². The highest BCUT2D eigenvalue weighted by Crippen LogP contribution is 2.45. The van der Waals surface area contributed by atoms with E-state index in [1.807, 2.05) is 0 Å². The minimum absolute atomic E-state index is 0.0209. The first-order valence-electron chi connectivity index (χ1n) is 11.7. The highest BCUT2D eigenvalue weighted by Gasteiger charge is 2.34. The van der Waals surface area contributed by atoms with Gasteiger partial charge in [-0.2, -0.15) is 10.6 Å². The van der Waals surface area contributed by atoms with Gasteiger partial charge in [-0.15, -0.1) is 0 Å². The number of hydrogen-bond donors (Lipinski definition) is 3. The highest BCUT2D eigenvalue weighted by molar-refractivity contribution is 6.19. The molecule has 1 aliphatic carbocycles. The summed E-state index contributed by atoms with van der Waals surface area (Å²) in [5.41, 5.74) is 12.9. The monoisotopic (exact) mass is 443 g/mol. The molecular weight excluding hydrogens is 414 g/mol. The average Bonchev–Trinajstić information content (AvgIpc) is 3.47. The number of nitrogens with zero attached hydrogens (tertiary/aromatic N) is 2. The number of fused-ring (bicyclic) bond motifs is 10. The van der Waals surface area contributed by atoms with Crippen molar-refractivity contribution in [3.05, 3.63) is 52.3 Å². The van der Waals surface area contributed by atoms with Crippen LogP contribution in [0.2, 0.25) is 0 Å². The summed E-state index contributed by atoms with van der Waals surface area (Å²) < 4.78 is 2.05. The van der Waals surface area contributed by atoms with Crippen LogP contribution in [0, 0.1) is 5.92 Å². The third kappa shape index (κ3) is 3.03. The SMILES string of the molecule is CONC(C)c1ccc2[nH]c3c4c(c5c(c3c2c1)CNC5=O)-c1cn(CC(C)C)nc1CC4. The standard InChI is InChI=1S/C26H29N5O2/c1-13(2)11-31-12-19-21(29-31)8-6-16-22(19)24-18(10-27-26(24)32)23-17-9-15(14(3)30-33-4)5-7-20(17)28-25(16)23/h5,7,9,12-14,28,30H,6,8,10-11H2,1-4H3,(H,27,32). The molecule has 1 atom stereocenters. The number of carbonyl (C=O) groups excluding carboxylic acids is 1. The van der Waals surface area contributed by atoms with Crippen molar-refractivity contribution in [2.24, 2.45) is 5.92 Å². The molecule has 1 amide bonds. The average molecular weight is 444 g/mol. The van der Waals surface area contributed by atoms with E-state index in [4.69, 9.17) is 9.94 Å². The first-order valence-corrected chi connectivity index (χ1v) is 11.7. The number of hydrogen-bond acceptors (Lipinski definition) is 4. The van der Waals surface area contributed by atoms with Crippen molar-refractivity contribution in [1.82, 2.24) is 25.6 Å². The van der Waals surface area contributed by atoms with Gasteiger partial charge in [0.25, 0.3) is 5.91 Å². The molecule has 4 aromatic rings. The number of rotatable bonds is 5. The molecule has 0 radical (unpaired) electrons. The van der Waals surface area contributed by atoms with Gasteiger partial charge in [0.2, 0.25) is 0 Å². The smallest absolute Gasteiger partial charge is 0.252 e. The molecule has 0 saturated carbocycles. The van der Waals surface area contributed by atoms with Crippen molar-refractivity contribution in [1.29, 1.82) is 0 Å². The lowest BCUT2D eigenvalue weighted by atomic mass is 9.82. The molecule has 2 aromatic carbocycles.